The Morgan fingerprint density at radius 3 is 2.50 bits per heavy atom. The van der Waals surface area contributed by atoms with Crippen LogP contribution in [0.4, 0.5) is 0 Å². The number of hydrogen-bond donors (Lipinski definition) is 1. The fraction of sp³-hybridized carbons (Fsp3) is 0.385. The maximum Gasteiger partial charge on any atom is 0.372 e. The van der Waals surface area contributed by atoms with Crippen LogP contribution in [0.25, 0.3) is 0 Å². The summed E-state index contributed by atoms with van der Waals surface area (Å²) in [6.07, 6.45) is -0.112. The second-order valence-electron chi connectivity index (χ2n) is 4.61. The zero-order valence-corrected chi connectivity index (χ0v) is 11.2. The van der Waals surface area contributed by atoms with Crippen molar-refractivity contribution in [2.45, 2.75) is 25.7 Å². The molecule has 18 heavy (non-hydrogen) atoms. The van der Waals surface area contributed by atoms with Crippen molar-refractivity contribution in [1.82, 2.24) is 0 Å². The molecule has 0 fully saturated rings. The molecular formula is C13H15ClO4. The molecule has 0 aliphatic carbocycles. The number of para-hydroxylation sites is 1. The van der Waals surface area contributed by atoms with Crippen LogP contribution in [0.15, 0.2) is 18.2 Å². The number of carbonyl (C=O) groups excluding carboxylic acids is 1. The van der Waals surface area contributed by atoms with Crippen LogP contribution in [0.3, 0.4) is 0 Å². The molecule has 4 nitrogen and oxygen atoms in total. The first-order chi connectivity index (χ1) is 8.29. The number of Topliss-reactive ketones (excluding diaryl/α,β-unsaturated/α-hetero) is 1. The van der Waals surface area contributed by atoms with Gasteiger partial charge in [0.1, 0.15) is 5.75 Å². The molecule has 1 N–H and O–H groups in total. The van der Waals surface area contributed by atoms with E-state index in [1.54, 1.807) is 32.0 Å². The van der Waals surface area contributed by atoms with Gasteiger partial charge >= 0.3 is 5.97 Å². The lowest BCUT2D eigenvalue weighted by Crippen LogP contribution is -2.26. The molecule has 0 radical (unpaired) electrons. The van der Waals surface area contributed by atoms with Gasteiger partial charge in [0.15, 0.2) is 0 Å². The average Bonchev–Trinajstić information content (AvgIpc) is 2.27. The minimum atomic E-state index is -1.43. The summed E-state index contributed by atoms with van der Waals surface area (Å²) in [5.41, 5.74) is 0.0539. The highest BCUT2D eigenvalue weighted by molar-refractivity contribution is 6.33. The number of halogens is 1. The van der Waals surface area contributed by atoms with Crippen LogP contribution in [-0.2, 0) is 15.0 Å². The molecule has 0 spiro atoms. The van der Waals surface area contributed by atoms with E-state index in [1.165, 1.54) is 7.11 Å². The molecule has 0 amide bonds. The molecule has 1 aromatic carbocycles. The lowest BCUT2D eigenvalue weighted by Gasteiger charge is -2.26. The van der Waals surface area contributed by atoms with Crippen molar-refractivity contribution < 1.29 is 19.4 Å². The number of ketones is 1. The summed E-state index contributed by atoms with van der Waals surface area (Å²) in [6, 6.07) is 5.20. The minimum absolute atomic E-state index is 0.112. The van der Waals surface area contributed by atoms with E-state index in [1.807, 2.05) is 0 Å². The van der Waals surface area contributed by atoms with Crippen LogP contribution in [0, 0.1) is 0 Å². The molecule has 0 bridgehead atoms. The number of methoxy groups -OCH3 is 1. The number of ether oxygens (including phenoxy) is 1. The zero-order chi connectivity index (χ0) is 13.9. The first kappa shape index (κ1) is 14.5. The summed E-state index contributed by atoms with van der Waals surface area (Å²) in [5.74, 6) is -1.78. The fourth-order valence-electron chi connectivity index (χ4n) is 1.82. The van der Waals surface area contributed by atoms with E-state index in [4.69, 9.17) is 21.4 Å². The molecule has 0 unspecified atom stereocenters. The first-order valence-electron chi connectivity index (χ1n) is 5.38. The van der Waals surface area contributed by atoms with Gasteiger partial charge in [0.25, 0.3) is 0 Å². The van der Waals surface area contributed by atoms with Gasteiger partial charge in [-0.25, -0.2) is 4.79 Å². The summed E-state index contributed by atoms with van der Waals surface area (Å²) < 4.78 is 5.21. The van der Waals surface area contributed by atoms with Gasteiger partial charge < -0.3 is 9.84 Å². The summed E-state index contributed by atoms with van der Waals surface area (Å²) in [5, 5.41) is 9.10. The Morgan fingerprint density at radius 1 is 1.39 bits per heavy atom. The van der Waals surface area contributed by atoms with E-state index < -0.39 is 17.2 Å². The first-order valence-corrected chi connectivity index (χ1v) is 5.76. The number of benzene rings is 1. The SMILES string of the molecule is COc1c(Cl)cccc1C(C)(C)CC(=O)C(=O)O. The Morgan fingerprint density at radius 2 is 2.00 bits per heavy atom. The Hall–Kier alpha value is -1.55. The summed E-state index contributed by atoms with van der Waals surface area (Å²) >= 11 is 6.01. The monoisotopic (exact) mass is 270 g/mol. The second-order valence-corrected chi connectivity index (χ2v) is 5.02. The second kappa shape index (κ2) is 5.40. The number of hydrogen-bond acceptors (Lipinski definition) is 3. The Bertz CT molecular complexity index is 480. The van der Waals surface area contributed by atoms with Crippen LogP contribution in [-0.4, -0.2) is 24.0 Å². The summed E-state index contributed by atoms with van der Waals surface area (Å²) in [4.78, 5) is 22.0. The van der Waals surface area contributed by atoms with E-state index >= 15 is 0 Å². The third kappa shape index (κ3) is 3.01. The number of carboxylic acid groups (broad SMARTS) is 1. The van der Waals surface area contributed by atoms with Gasteiger partial charge in [0.2, 0.25) is 5.78 Å². The summed E-state index contributed by atoms with van der Waals surface area (Å²) in [6.45, 7) is 3.56. The van der Waals surface area contributed by atoms with Crippen molar-refractivity contribution in [2.75, 3.05) is 7.11 Å². The third-order valence-corrected chi connectivity index (χ3v) is 3.04. The fourth-order valence-corrected chi connectivity index (χ4v) is 2.07. The van der Waals surface area contributed by atoms with E-state index in [9.17, 15) is 9.59 Å². The topological polar surface area (TPSA) is 63.6 Å². The number of aliphatic carboxylic acids is 1. The van der Waals surface area contributed by atoms with Crippen molar-refractivity contribution in [1.29, 1.82) is 0 Å². The van der Waals surface area contributed by atoms with Gasteiger partial charge in [0.05, 0.1) is 12.1 Å². The Kier molecular flexibility index (Phi) is 4.35. The quantitative estimate of drug-likeness (QED) is 0.836. The lowest BCUT2D eigenvalue weighted by atomic mass is 9.79. The smallest absolute Gasteiger partial charge is 0.372 e. The van der Waals surface area contributed by atoms with Crippen LogP contribution in [0.1, 0.15) is 25.8 Å². The maximum absolute atomic E-state index is 11.3. The zero-order valence-electron chi connectivity index (χ0n) is 10.5. The number of carboxylic acids is 1. The van der Waals surface area contributed by atoms with Crippen LogP contribution >= 0.6 is 11.6 Å². The van der Waals surface area contributed by atoms with Crippen molar-refractivity contribution in [3.05, 3.63) is 28.8 Å². The molecule has 0 aliphatic heterocycles. The van der Waals surface area contributed by atoms with Crippen molar-refractivity contribution >= 4 is 23.4 Å². The van der Waals surface area contributed by atoms with Crippen molar-refractivity contribution in [3.8, 4) is 5.75 Å². The maximum atomic E-state index is 11.3. The van der Waals surface area contributed by atoms with Crippen molar-refractivity contribution in [3.63, 3.8) is 0 Å². The van der Waals surface area contributed by atoms with Gasteiger partial charge in [-0.1, -0.05) is 37.6 Å². The van der Waals surface area contributed by atoms with E-state index in [-0.39, 0.29) is 6.42 Å². The highest BCUT2D eigenvalue weighted by atomic mass is 35.5. The molecular weight excluding hydrogens is 256 g/mol. The summed E-state index contributed by atoms with van der Waals surface area (Å²) in [7, 11) is 1.49. The highest BCUT2D eigenvalue weighted by Gasteiger charge is 2.30. The molecule has 98 valence electrons. The third-order valence-electron chi connectivity index (χ3n) is 2.74. The highest BCUT2D eigenvalue weighted by Crippen LogP contribution is 2.38. The van der Waals surface area contributed by atoms with Gasteiger partial charge in [-0.05, 0) is 6.07 Å². The average molecular weight is 271 g/mol. The van der Waals surface area contributed by atoms with Crippen molar-refractivity contribution in [2.24, 2.45) is 0 Å². The van der Waals surface area contributed by atoms with Crippen LogP contribution < -0.4 is 4.74 Å². The molecule has 0 saturated heterocycles. The van der Waals surface area contributed by atoms with E-state index in [2.05, 4.69) is 0 Å². The van der Waals surface area contributed by atoms with Gasteiger partial charge in [-0.3, -0.25) is 4.79 Å². The van der Waals surface area contributed by atoms with Crippen LogP contribution in [0.2, 0.25) is 5.02 Å². The molecule has 0 saturated carbocycles. The Balaban J connectivity index is 3.15. The van der Waals surface area contributed by atoms with Gasteiger partial charge in [-0.2, -0.15) is 0 Å². The minimum Gasteiger partial charge on any atom is -0.495 e. The lowest BCUT2D eigenvalue weighted by molar-refractivity contribution is -0.149. The molecule has 0 heterocycles. The largest absolute Gasteiger partial charge is 0.495 e. The molecule has 0 atom stereocenters. The van der Waals surface area contributed by atoms with E-state index in [0.717, 1.165) is 0 Å². The number of rotatable bonds is 5. The molecule has 1 aromatic rings. The van der Waals surface area contributed by atoms with Gasteiger partial charge in [-0.15, -0.1) is 0 Å². The molecule has 5 heteroatoms. The predicted octanol–water partition coefficient (Wildman–Crippen LogP) is 2.67. The normalized spacial score (nSPS) is 11.1. The molecule has 0 aromatic heterocycles. The van der Waals surface area contributed by atoms with Gasteiger partial charge in [0, 0.05) is 17.4 Å². The standard InChI is InChI=1S/C13H15ClO4/c1-13(2,7-10(15)12(16)17)8-5-4-6-9(14)11(8)18-3/h4-6H,7H2,1-3H3,(H,16,17). The molecule has 0 aliphatic rings. The number of carbonyl (C=O) groups is 2. The van der Waals surface area contributed by atoms with E-state index in [0.29, 0.717) is 16.3 Å². The molecule has 1 rings (SSSR count). The van der Waals surface area contributed by atoms with Crippen LogP contribution in [0.5, 0.6) is 5.75 Å². The Labute approximate surface area is 111 Å². The predicted molar refractivity (Wildman–Crippen MR) is 68.3 cm³/mol.